The average Bonchev–Trinajstić information content (AvgIpc) is 3.53. The molecule has 3 aromatic carbocycles. The van der Waals surface area contributed by atoms with Gasteiger partial charge in [-0.1, -0.05) is 30.5 Å². The highest BCUT2D eigenvalue weighted by molar-refractivity contribution is 6.36. The smallest absolute Gasteiger partial charge is 0.319 e. The lowest BCUT2D eigenvalue weighted by Gasteiger charge is -2.40. The number of nitrogens with one attached hydrogen (secondary N) is 1. The van der Waals surface area contributed by atoms with Crippen molar-refractivity contribution >= 4 is 39.1 Å². The van der Waals surface area contributed by atoms with Crippen molar-refractivity contribution in [2.75, 3.05) is 37.7 Å². The number of hydrogen-bond donors (Lipinski definition) is 2. The molecule has 0 radical (unpaired) electrons. The van der Waals surface area contributed by atoms with Crippen LogP contribution in [0.15, 0.2) is 24.3 Å². The van der Waals surface area contributed by atoms with Crippen molar-refractivity contribution in [1.29, 1.82) is 0 Å². The van der Waals surface area contributed by atoms with Gasteiger partial charge in [0.25, 0.3) is 0 Å². The van der Waals surface area contributed by atoms with Gasteiger partial charge in [0.05, 0.1) is 21.5 Å². The van der Waals surface area contributed by atoms with Gasteiger partial charge in [0.15, 0.2) is 5.82 Å². The van der Waals surface area contributed by atoms with E-state index in [9.17, 15) is 9.50 Å². The molecule has 0 saturated carbocycles. The number of benzene rings is 3. The zero-order chi connectivity index (χ0) is 32.6. The number of halogens is 4. The number of fused-ring (bicyclic) bond motifs is 4. The molecule has 3 fully saturated rings. The summed E-state index contributed by atoms with van der Waals surface area (Å²) in [7, 11) is 0. The first-order valence-electron chi connectivity index (χ1n) is 16.4. The predicted molar refractivity (Wildman–Crippen MR) is 177 cm³/mol. The van der Waals surface area contributed by atoms with Crippen LogP contribution in [0.3, 0.4) is 0 Å². The van der Waals surface area contributed by atoms with Crippen molar-refractivity contribution in [3.8, 4) is 35.2 Å². The summed E-state index contributed by atoms with van der Waals surface area (Å²) < 4.78 is 53.2. The lowest BCUT2D eigenvalue weighted by Crippen LogP contribution is -2.56. The van der Waals surface area contributed by atoms with Crippen LogP contribution < -0.4 is 15.0 Å². The maximum atomic E-state index is 17.3. The van der Waals surface area contributed by atoms with Crippen LogP contribution in [0, 0.1) is 24.0 Å². The highest BCUT2D eigenvalue weighted by atomic mass is 35.5. The first kappa shape index (κ1) is 30.5. The second-order valence-electron chi connectivity index (χ2n) is 13.4. The van der Waals surface area contributed by atoms with Gasteiger partial charge in [0.1, 0.15) is 35.7 Å². The predicted octanol–water partition coefficient (Wildman–Crippen LogP) is 6.53. The lowest BCUT2D eigenvalue weighted by atomic mass is 9.90. The molecule has 5 heterocycles. The number of phenols is 1. The molecule has 0 spiro atoms. The quantitative estimate of drug-likeness (QED) is 0.236. The van der Waals surface area contributed by atoms with Crippen LogP contribution in [0.4, 0.5) is 19.0 Å². The molecule has 4 aliphatic rings. The van der Waals surface area contributed by atoms with E-state index in [0.29, 0.717) is 48.1 Å². The van der Waals surface area contributed by atoms with Gasteiger partial charge in [-0.05, 0) is 73.4 Å². The van der Waals surface area contributed by atoms with E-state index in [1.165, 1.54) is 24.3 Å². The third-order valence-corrected chi connectivity index (χ3v) is 11.2. The number of rotatable bonds is 5. The normalized spacial score (nSPS) is 25.5. The molecule has 11 heteroatoms. The molecule has 1 aromatic heterocycles. The molecule has 47 heavy (non-hydrogen) atoms. The fraction of sp³-hybridized carbons (Fsp3) is 0.444. The highest BCUT2D eigenvalue weighted by Gasteiger charge is 2.49. The SMILES string of the molecule is C#Cc1c(F)ccc2cc(O)cc(-c3c(Cl)c4c5c(nc(OC[C@@]67CCCN6C[C@H](F)C7)nc5c3F)N3C[C@@H](CC)NC[C@H]3CC4)c12. The number of aromatic hydroxyl groups is 1. The van der Waals surface area contributed by atoms with Crippen LogP contribution in [-0.4, -0.2) is 76.6 Å². The minimum Gasteiger partial charge on any atom is -0.508 e. The Labute approximate surface area is 276 Å². The summed E-state index contributed by atoms with van der Waals surface area (Å²) in [6, 6.07) is 5.83. The molecule has 8 rings (SSSR count). The number of anilines is 1. The number of hydrogen-bond acceptors (Lipinski definition) is 7. The lowest BCUT2D eigenvalue weighted by molar-refractivity contribution is 0.107. The van der Waals surface area contributed by atoms with E-state index in [2.05, 4.69) is 32.9 Å². The van der Waals surface area contributed by atoms with Gasteiger partial charge in [-0.15, -0.1) is 6.42 Å². The molecule has 244 valence electrons. The van der Waals surface area contributed by atoms with Crippen LogP contribution in [0.5, 0.6) is 11.8 Å². The Balaban J connectivity index is 1.36. The largest absolute Gasteiger partial charge is 0.508 e. The number of phenolic OH excluding ortho intramolecular Hbond substituents is 1. The van der Waals surface area contributed by atoms with Crippen LogP contribution in [-0.2, 0) is 6.42 Å². The van der Waals surface area contributed by atoms with Gasteiger partial charge in [-0.2, -0.15) is 9.97 Å². The van der Waals surface area contributed by atoms with Gasteiger partial charge in [-0.3, -0.25) is 4.90 Å². The third kappa shape index (κ3) is 4.81. The summed E-state index contributed by atoms with van der Waals surface area (Å²) in [6.07, 6.45) is 9.12. The first-order valence-corrected chi connectivity index (χ1v) is 16.7. The van der Waals surface area contributed by atoms with Crippen molar-refractivity contribution in [2.45, 2.75) is 69.2 Å². The van der Waals surface area contributed by atoms with Crippen molar-refractivity contribution in [1.82, 2.24) is 20.2 Å². The van der Waals surface area contributed by atoms with Gasteiger partial charge in [0, 0.05) is 49.1 Å². The van der Waals surface area contributed by atoms with E-state index in [0.717, 1.165) is 38.8 Å². The zero-order valence-electron chi connectivity index (χ0n) is 26.1. The van der Waals surface area contributed by atoms with Crippen molar-refractivity contribution in [3.63, 3.8) is 0 Å². The number of piperazine rings is 1. The monoisotopic (exact) mass is 661 g/mol. The Hall–Kier alpha value is -3.78. The number of terminal acetylenes is 1. The topological polar surface area (TPSA) is 73.8 Å². The van der Waals surface area contributed by atoms with Gasteiger partial charge >= 0.3 is 6.01 Å². The zero-order valence-corrected chi connectivity index (χ0v) is 26.8. The Morgan fingerprint density at radius 1 is 1.21 bits per heavy atom. The molecule has 4 atom stereocenters. The Morgan fingerprint density at radius 3 is 2.87 bits per heavy atom. The summed E-state index contributed by atoms with van der Waals surface area (Å²) in [5, 5.41) is 15.7. The van der Waals surface area contributed by atoms with E-state index in [1.54, 1.807) is 0 Å². The van der Waals surface area contributed by atoms with E-state index >= 15 is 8.78 Å². The van der Waals surface area contributed by atoms with Gasteiger partial charge in [-0.25, -0.2) is 13.2 Å². The van der Waals surface area contributed by atoms with Crippen molar-refractivity contribution in [3.05, 3.63) is 52.0 Å². The van der Waals surface area contributed by atoms with E-state index in [4.69, 9.17) is 27.7 Å². The molecule has 3 saturated heterocycles. The Kier molecular flexibility index (Phi) is 7.43. The molecule has 4 aliphatic heterocycles. The van der Waals surface area contributed by atoms with Crippen LogP contribution >= 0.6 is 11.6 Å². The maximum Gasteiger partial charge on any atom is 0.319 e. The van der Waals surface area contributed by atoms with Gasteiger partial charge < -0.3 is 20.1 Å². The highest BCUT2D eigenvalue weighted by Crippen LogP contribution is 2.48. The molecule has 0 unspecified atom stereocenters. The molecule has 2 N–H and O–H groups in total. The molecule has 0 aliphatic carbocycles. The minimum atomic E-state index is -0.923. The number of ether oxygens (including phenoxy) is 1. The summed E-state index contributed by atoms with van der Waals surface area (Å²) >= 11 is 7.18. The van der Waals surface area contributed by atoms with E-state index in [1.807, 2.05) is 0 Å². The number of aromatic nitrogens is 2. The fourth-order valence-corrected chi connectivity index (χ4v) is 8.83. The fourth-order valence-electron chi connectivity index (χ4n) is 8.46. The van der Waals surface area contributed by atoms with Crippen LogP contribution in [0.2, 0.25) is 5.02 Å². The third-order valence-electron chi connectivity index (χ3n) is 10.8. The summed E-state index contributed by atoms with van der Waals surface area (Å²) in [5.74, 6) is 1.44. The Bertz CT molecular complexity index is 1990. The Morgan fingerprint density at radius 2 is 2.06 bits per heavy atom. The average molecular weight is 662 g/mol. The maximum absolute atomic E-state index is 17.3. The van der Waals surface area contributed by atoms with Crippen molar-refractivity contribution in [2.24, 2.45) is 0 Å². The van der Waals surface area contributed by atoms with Crippen LogP contribution in [0.25, 0.3) is 32.8 Å². The number of alkyl halides is 1. The van der Waals surface area contributed by atoms with E-state index < -0.39 is 23.3 Å². The summed E-state index contributed by atoms with van der Waals surface area (Å²) in [5.41, 5.74) is 0.357. The summed E-state index contributed by atoms with van der Waals surface area (Å²) in [4.78, 5) is 14.0. The van der Waals surface area contributed by atoms with Crippen molar-refractivity contribution < 1.29 is 23.0 Å². The molecule has 4 aromatic rings. The summed E-state index contributed by atoms with van der Waals surface area (Å²) in [6.45, 7) is 4.89. The second kappa shape index (κ2) is 11.4. The molecular weight excluding hydrogens is 627 g/mol. The number of aryl methyl sites for hydroxylation is 1. The first-order chi connectivity index (χ1) is 22.7. The standard InChI is InChI=1S/C36H35ClF3N5O2/c1-3-21-17-45-22(15-41-21)7-8-25-30-33(42-35(43-34(30)45)47-18-36-10-5-11-44(36)16-20(38)14-36)32(40)29(31(25)37)26-13-23(46)12-19-6-9-27(39)24(4-2)28(19)26/h2,6,9,12-13,20-22,41,46H,3,5,7-8,10-11,14-18H2,1H3/t20-,21-,22-,36+/m1/s1. The molecular formula is C36H35ClF3N5O2. The van der Waals surface area contributed by atoms with E-state index in [-0.39, 0.29) is 63.1 Å². The van der Waals surface area contributed by atoms with Gasteiger partial charge in [0.2, 0.25) is 0 Å². The van der Waals surface area contributed by atoms with Crippen LogP contribution in [0.1, 0.15) is 50.2 Å². The molecule has 0 bridgehead atoms. The molecule has 0 amide bonds. The molecule has 7 nitrogen and oxygen atoms in total. The second-order valence-corrected chi connectivity index (χ2v) is 13.8. The number of nitrogens with zero attached hydrogens (tertiary/aromatic N) is 4. The minimum absolute atomic E-state index is 0.0116.